The Balaban J connectivity index is 1.31. The molecule has 0 radical (unpaired) electrons. The van der Waals surface area contributed by atoms with Crippen molar-refractivity contribution in [3.8, 4) is 0 Å². The molecule has 3 fully saturated rings. The van der Waals surface area contributed by atoms with Crippen LogP contribution in [0.1, 0.15) is 89.9 Å². The van der Waals surface area contributed by atoms with Gasteiger partial charge < -0.3 is 4.74 Å². The van der Waals surface area contributed by atoms with Gasteiger partial charge in [0.25, 0.3) is 0 Å². The second-order valence-corrected chi connectivity index (χ2v) is 13.2. The van der Waals surface area contributed by atoms with Crippen LogP contribution < -0.4 is 0 Å². The topological polar surface area (TPSA) is 43.4 Å². The number of benzene rings is 1. The molecule has 4 aliphatic carbocycles. The molecule has 184 valence electrons. The molecule has 4 aliphatic rings. The average molecular weight is 481 g/mol. The van der Waals surface area contributed by atoms with Gasteiger partial charge in [-0.15, -0.1) is 0 Å². The molecule has 0 spiro atoms. The Labute approximate surface area is 209 Å². The Bertz CT molecular complexity index is 971. The Morgan fingerprint density at radius 2 is 1.79 bits per heavy atom. The zero-order valence-corrected chi connectivity index (χ0v) is 22.0. The molecule has 1 aromatic rings. The molecule has 0 heterocycles. The summed E-state index contributed by atoms with van der Waals surface area (Å²) in [5.41, 5.74) is 3.15. The van der Waals surface area contributed by atoms with Gasteiger partial charge in [0.05, 0.1) is 0 Å². The Morgan fingerprint density at radius 3 is 2.53 bits per heavy atom. The van der Waals surface area contributed by atoms with Crippen LogP contribution in [0.2, 0.25) is 0 Å². The van der Waals surface area contributed by atoms with Crippen LogP contribution in [0.25, 0.3) is 0 Å². The SMILES string of the molecule is CC(=O)O[C@H]1CC[C@@]2(C)C(=CC[C@H]3[C@@H]4CC[C@H](C(=O)S[C@H](C)c5ccccc5)[C@@]4(C)CC[C@@H]32)C1. The summed E-state index contributed by atoms with van der Waals surface area (Å²) >= 11 is 1.56. The van der Waals surface area contributed by atoms with Crippen LogP contribution in [-0.4, -0.2) is 17.2 Å². The van der Waals surface area contributed by atoms with Gasteiger partial charge in [-0.1, -0.05) is 67.6 Å². The molecule has 34 heavy (non-hydrogen) atoms. The minimum atomic E-state index is -0.155. The average Bonchev–Trinajstić information content (AvgIpc) is 3.17. The second kappa shape index (κ2) is 9.15. The molecule has 4 heteroatoms. The van der Waals surface area contributed by atoms with Crippen molar-refractivity contribution in [2.45, 2.75) is 90.4 Å². The van der Waals surface area contributed by atoms with Crippen LogP contribution in [-0.2, 0) is 14.3 Å². The molecule has 0 saturated heterocycles. The van der Waals surface area contributed by atoms with Gasteiger partial charge in [-0.25, -0.2) is 0 Å². The lowest BCUT2D eigenvalue weighted by Crippen LogP contribution is -2.51. The first-order chi connectivity index (χ1) is 16.2. The number of carbonyl (C=O) groups excluding carboxylic acids is 2. The molecular formula is C30H40O3S. The van der Waals surface area contributed by atoms with Crippen molar-refractivity contribution in [3.63, 3.8) is 0 Å². The summed E-state index contributed by atoms with van der Waals surface area (Å²) in [5, 5.41) is 0.624. The van der Waals surface area contributed by atoms with Crippen molar-refractivity contribution in [1.82, 2.24) is 0 Å². The van der Waals surface area contributed by atoms with Crippen LogP contribution in [0.3, 0.4) is 0 Å². The number of hydrogen-bond acceptors (Lipinski definition) is 4. The lowest BCUT2D eigenvalue weighted by Gasteiger charge is -2.58. The maximum absolute atomic E-state index is 13.6. The fourth-order valence-corrected chi connectivity index (χ4v) is 9.59. The van der Waals surface area contributed by atoms with Gasteiger partial charge in [0.1, 0.15) is 6.10 Å². The van der Waals surface area contributed by atoms with Crippen molar-refractivity contribution >= 4 is 22.8 Å². The van der Waals surface area contributed by atoms with Crippen LogP contribution in [0, 0.1) is 34.5 Å². The Kier molecular flexibility index (Phi) is 6.50. The summed E-state index contributed by atoms with van der Waals surface area (Å²) in [6.45, 7) is 8.62. The molecule has 0 unspecified atom stereocenters. The lowest BCUT2D eigenvalue weighted by atomic mass is 9.47. The Hall–Kier alpha value is -1.55. The number of carbonyl (C=O) groups is 2. The molecule has 0 aromatic heterocycles. The van der Waals surface area contributed by atoms with Gasteiger partial charge in [-0.3, -0.25) is 9.59 Å². The van der Waals surface area contributed by atoms with Gasteiger partial charge in [0.15, 0.2) is 5.12 Å². The van der Waals surface area contributed by atoms with E-state index in [9.17, 15) is 9.59 Å². The third-order valence-electron chi connectivity index (χ3n) is 10.2. The highest BCUT2D eigenvalue weighted by atomic mass is 32.2. The van der Waals surface area contributed by atoms with E-state index in [-0.39, 0.29) is 34.1 Å². The first-order valence-corrected chi connectivity index (χ1v) is 14.2. The molecule has 0 aliphatic heterocycles. The quantitative estimate of drug-likeness (QED) is 0.330. The van der Waals surface area contributed by atoms with Crippen LogP contribution in [0.15, 0.2) is 42.0 Å². The van der Waals surface area contributed by atoms with Gasteiger partial charge in [0.2, 0.25) is 0 Å². The number of esters is 1. The third-order valence-corrected chi connectivity index (χ3v) is 11.4. The highest BCUT2D eigenvalue weighted by molar-refractivity contribution is 8.13. The summed E-state index contributed by atoms with van der Waals surface area (Å²) in [7, 11) is 0. The van der Waals surface area contributed by atoms with E-state index in [4.69, 9.17) is 4.74 Å². The second-order valence-electron chi connectivity index (χ2n) is 11.9. The van der Waals surface area contributed by atoms with Crippen LogP contribution in [0.4, 0.5) is 0 Å². The monoisotopic (exact) mass is 480 g/mol. The fraction of sp³-hybridized carbons (Fsp3) is 0.667. The van der Waals surface area contributed by atoms with Gasteiger partial charge in [0, 0.05) is 24.5 Å². The van der Waals surface area contributed by atoms with Crippen molar-refractivity contribution < 1.29 is 14.3 Å². The number of rotatable bonds is 4. The molecule has 5 rings (SSSR count). The molecular weight excluding hydrogens is 440 g/mol. The number of hydrogen-bond donors (Lipinski definition) is 0. The number of thioether (sulfide) groups is 1. The van der Waals surface area contributed by atoms with Crippen molar-refractivity contribution in [2.24, 2.45) is 34.5 Å². The third kappa shape index (κ3) is 4.08. The van der Waals surface area contributed by atoms with Crippen molar-refractivity contribution in [1.29, 1.82) is 0 Å². The number of ether oxygens (including phenoxy) is 1. The normalized spacial score (nSPS) is 39.8. The summed E-state index contributed by atoms with van der Waals surface area (Å²) in [5.74, 6) is 2.07. The van der Waals surface area contributed by atoms with Crippen molar-refractivity contribution in [2.75, 3.05) is 0 Å². The lowest BCUT2D eigenvalue weighted by molar-refractivity contribution is -0.148. The fourth-order valence-electron chi connectivity index (χ4n) is 8.40. The maximum Gasteiger partial charge on any atom is 0.302 e. The molecule has 3 saturated carbocycles. The van der Waals surface area contributed by atoms with E-state index in [1.807, 2.05) is 6.07 Å². The maximum atomic E-state index is 13.6. The van der Waals surface area contributed by atoms with Gasteiger partial charge in [-0.2, -0.15) is 0 Å². The van der Waals surface area contributed by atoms with Gasteiger partial charge >= 0.3 is 5.97 Å². The van der Waals surface area contributed by atoms with E-state index in [2.05, 4.69) is 51.1 Å². The van der Waals surface area contributed by atoms with E-state index in [1.165, 1.54) is 37.3 Å². The Morgan fingerprint density at radius 1 is 1.03 bits per heavy atom. The summed E-state index contributed by atoms with van der Waals surface area (Å²) in [6.07, 6.45) is 11.4. The molecule has 0 bridgehead atoms. The van der Waals surface area contributed by atoms with E-state index in [0.717, 1.165) is 32.1 Å². The van der Waals surface area contributed by atoms with Gasteiger partial charge in [-0.05, 0) is 86.0 Å². The highest BCUT2D eigenvalue weighted by Gasteiger charge is 2.60. The predicted octanol–water partition coefficient (Wildman–Crippen LogP) is 7.52. The van der Waals surface area contributed by atoms with E-state index in [1.54, 1.807) is 11.8 Å². The van der Waals surface area contributed by atoms with E-state index < -0.39 is 0 Å². The van der Waals surface area contributed by atoms with Crippen LogP contribution in [0.5, 0.6) is 0 Å². The molecule has 0 amide bonds. The van der Waals surface area contributed by atoms with E-state index >= 15 is 0 Å². The van der Waals surface area contributed by atoms with Crippen LogP contribution >= 0.6 is 11.8 Å². The minimum absolute atomic E-state index is 0.0549. The standard InChI is InChI=1S/C30H40O3S/c1-19(21-8-6-5-7-9-21)34-28(32)27-13-12-25-24-11-10-22-18-23(33-20(2)31)14-16-29(22,3)26(24)15-17-30(25,27)4/h5-10,19,23-27H,11-18H2,1-4H3/t19-,23+,24+,25+,26+,27-,29+,30+/m1/s1. The first kappa shape index (κ1) is 24.2. The highest BCUT2D eigenvalue weighted by Crippen LogP contribution is 2.66. The summed E-state index contributed by atoms with van der Waals surface area (Å²) in [4.78, 5) is 25.1. The van der Waals surface area contributed by atoms with E-state index in [0.29, 0.717) is 22.9 Å². The molecule has 3 nitrogen and oxygen atoms in total. The number of allylic oxidation sites excluding steroid dienone is 1. The zero-order valence-electron chi connectivity index (χ0n) is 21.2. The largest absolute Gasteiger partial charge is 0.462 e. The van der Waals surface area contributed by atoms with Crippen molar-refractivity contribution in [3.05, 3.63) is 47.5 Å². The predicted molar refractivity (Wildman–Crippen MR) is 138 cm³/mol. The zero-order chi connectivity index (χ0) is 24.1. The summed E-state index contributed by atoms with van der Waals surface area (Å²) < 4.78 is 5.59. The molecule has 0 N–H and O–H groups in total. The minimum Gasteiger partial charge on any atom is -0.462 e. The summed E-state index contributed by atoms with van der Waals surface area (Å²) in [6, 6.07) is 10.4. The smallest absolute Gasteiger partial charge is 0.302 e. The first-order valence-electron chi connectivity index (χ1n) is 13.3. The molecule has 1 aromatic carbocycles. The molecule has 8 atom stereocenters. The number of fused-ring (bicyclic) bond motifs is 5.